The van der Waals surface area contributed by atoms with Crippen molar-refractivity contribution in [2.24, 2.45) is 0 Å². The molecule has 4 aromatic rings. The first kappa shape index (κ1) is 27.1. The molecule has 0 fully saturated rings. The number of carbonyl (C=O) groups is 1. The van der Waals surface area contributed by atoms with Crippen molar-refractivity contribution in [1.29, 1.82) is 0 Å². The van der Waals surface area contributed by atoms with Gasteiger partial charge in [-0.1, -0.05) is 20.8 Å². The Balaban J connectivity index is 1.51. The summed E-state index contributed by atoms with van der Waals surface area (Å²) in [6.07, 6.45) is 4.65. The van der Waals surface area contributed by atoms with Gasteiger partial charge in [0.25, 0.3) is 5.56 Å². The number of aromatic nitrogens is 5. The Morgan fingerprint density at radius 3 is 2.66 bits per heavy atom. The van der Waals surface area contributed by atoms with Crippen molar-refractivity contribution in [2.45, 2.75) is 37.6 Å². The molecule has 1 aromatic carbocycles. The zero-order valence-corrected chi connectivity index (χ0v) is 23.1. The van der Waals surface area contributed by atoms with Crippen LogP contribution in [0.2, 0.25) is 0 Å². The number of pyridine rings is 1. The number of benzene rings is 1. The topological polar surface area (TPSA) is 130 Å². The normalized spacial score (nSPS) is 11.7. The Bertz CT molecular complexity index is 1510. The molecule has 3 aromatic heterocycles. The molecule has 3 N–H and O–H groups in total. The van der Waals surface area contributed by atoms with Crippen molar-refractivity contribution in [3.8, 4) is 11.5 Å². The number of nitrogens with one attached hydrogen (secondary N) is 3. The van der Waals surface area contributed by atoms with Crippen LogP contribution in [-0.2, 0) is 12.0 Å². The number of aromatic amines is 1. The van der Waals surface area contributed by atoms with Crippen LogP contribution >= 0.6 is 11.8 Å². The maximum atomic E-state index is 13.0. The van der Waals surface area contributed by atoms with E-state index in [2.05, 4.69) is 51.3 Å². The van der Waals surface area contributed by atoms with Crippen LogP contribution in [0.4, 0.5) is 16.3 Å². The van der Waals surface area contributed by atoms with Crippen molar-refractivity contribution < 1.29 is 9.53 Å². The minimum Gasteiger partial charge on any atom is -0.455 e. The van der Waals surface area contributed by atoms with Gasteiger partial charge in [0.2, 0.25) is 0 Å². The van der Waals surface area contributed by atoms with Gasteiger partial charge in [0, 0.05) is 35.2 Å². The fourth-order valence-electron chi connectivity index (χ4n) is 3.59. The average molecular weight is 537 g/mol. The summed E-state index contributed by atoms with van der Waals surface area (Å²) in [7, 11) is 4.00. The van der Waals surface area contributed by atoms with E-state index >= 15 is 0 Å². The number of anilines is 2. The summed E-state index contributed by atoms with van der Waals surface area (Å²) in [5.41, 5.74) is 1.84. The largest absolute Gasteiger partial charge is 0.455 e. The van der Waals surface area contributed by atoms with Crippen molar-refractivity contribution in [1.82, 2.24) is 29.6 Å². The van der Waals surface area contributed by atoms with Gasteiger partial charge in [0.1, 0.15) is 17.1 Å². The molecule has 0 bridgehead atoms. The van der Waals surface area contributed by atoms with Gasteiger partial charge >= 0.3 is 6.03 Å². The quantitative estimate of drug-likeness (QED) is 0.280. The molecule has 0 aliphatic heterocycles. The lowest BCUT2D eigenvalue weighted by Crippen LogP contribution is -2.24. The van der Waals surface area contributed by atoms with Crippen LogP contribution < -0.4 is 20.9 Å². The lowest BCUT2D eigenvalue weighted by molar-refractivity contribution is 0.262. The minimum atomic E-state index is -0.367. The molecule has 2 amide bonds. The lowest BCUT2D eigenvalue weighted by atomic mass is 9.92. The van der Waals surface area contributed by atoms with Gasteiger partial charge in [-0.05, 0) is 38.6 Å². The first-order valence-corrected chi connectivity index (χ1v) is 13.3. The number of hydrogen-bond acceptors (Lipinski definition) is 8. The number of rotatable bonds is 8. The second-order valence-corrected chi connectivity index (χ2v) is 10.8. The average Bonchev–Trinajstić information content (AvgIpc) is 3.26. The van der Waals surface area contributed by atoms with Gasteiger partial charge in [-0.25, -0.2) is 19.4 Å². The smallest absolute Gasteiger partial charge is 0.324 e. The Morgan fingerprint density at radius 2 is 1.95 bits per heavy atom. The van der Waals surface area contributed by atoms with Crippen LogP contribution in [0, 0.1) is 0 Å². The minimum absolute atomic E-state index is 0.150. The second-order valence-electron chi connectivity index (χ2n) is 9.99. The van der Waals surface area contributed by atoms with E-state index in [0.717, 1.165) is 17.1 Å². The maximum absolute atomic E-state index is 13.0. The predicted molar refractivity (Wildman–Crippen MR) is 151 cm³/mol. The molecule has 4 rings (SSSR count). The molecule has 0 aliphatic rings. The van der Waals surface area contributed by atoms with Crippen molar-refractivity contribution >= 4 is 40.5 Å². The third kappa shape index (κ3) is 6.50. The molecular weight excluding hydrogens is 504 g/mol. The van der Waals surface area contributed by atoms with E-state index in [9.17, 15) is 9.59 Å². The highest BCUT2D eigenvalue weighted by atomic mass is 32.2. The molecule has 12 heteroatoms. The lowest BCUT2D eigenvalue weighted by Gasteiger charge is -2.15. The Hall–Kier alpha value is -3.90. The van der Waals surface area contributed by atoms with Crippen LogP contribution in [0.1, 0.15) is 26.5 Å². The first-order chi connectivity index (χ1) is 18.0. The van der Waals surface area contributed by atoms with Crippen molar-refractivity contribution in [2.75, 3.05) is 37.5 Å². The van der Waals surface area contributed by atoms with Gasteiger partial charge in [-0.15, -0.1) is 11.8 Å². The van der Waals surface area contributed by atoms with Crippen molar-refractivity contribution in [3.63, 3.8) is 0 Å². The number of fused-ring (bicyclic) bond motifs is 1. The van der Waals surface area contributed by atoms with Gasteiger partial charge in [0.05, 0.1) is 24.1 Å². The molecule has 0 saturated heterocycles. The van der Waals surface area contributed by atoms with E-state index < -0.39 is 0 Å². The fourth-order valence-corrected chi connectivity index (χ4v) is 4.16. The van der Waals surface area contributed by atoms with Gasteiger partial charge in [-0.3, -0.25) is 10.1 Å². The fraction of sp³-hybridized carbons (Fsp3) is 0.346. The summed E-state index contributed by atoms with van der Waals surface area (Å²) in [6, 6.07) is 8.60. The number of urea groups is 1. The molecule has 0 unspecified atom stereocenters. The number of thioether (sulfide) groups is 1. The number of nitrogens with zero attached hydrogens (tertiary/aromatic N) is 5. The highest BCUT2D eigenvalue weighted by molar-refractivity contribution is 7.98. The van der Waals surface area contributed by atoms with E-state index in [1.165, 1.54) is 18.0 Å². The molecule has 0 radical (unpaired) electrons. The second kappa shape index (κ2) is 11.2. The monoisotopic (exact) mass is 536 g/mol. The molecule has 200 valence electrons. The summed E-state index contributed by atoms with van der Waals surface area (Å²) in [4.78, 5) is 38.4. The van der Waals surface area contributed by atoms with Gasteiger partial charge < -0.3 is 19.9 Å². The Kier molecular flexibility index (Phi) is 8.02. The SMILES string of the molecule is CSc1cc(Oc2ccnc3[nH]c(=O)cnc23)ccc1NC(=O)Nc1cc(C(C)(C)C)nn1CCN(C)C. The Morgan fingerprint density at radius 1 is 1.16 bits per heavy atom. The van der Waals surface area contributed by atoms with Crippen LogP contribution in [0.3, 0.4) is 0 Å². The predicted octanol–water partition coefficient (Wildman–Crippen LogP) is 4.53. The summed E-state index contributed by atoms with van der Waals surface area (Å²) in [6.45, 7) is 7.71. The highest BCUT2D eigenvalue weighted by Crippen LogP contribution is 2.33. The molecular formula is C26H32N8O3S. The van der Waals surface area contributed by atoms with Crippen molar-refractivity contribution in [3.05, 3.63) is 58.8 Å². The molecule has 11 nitrogen and oxygen atoms in total. The van der Waals surface area contributed by atoms with Crippen LogP contribution in [-0.4, -0.2) is 62.6 Å². The maximum Gasteiger partial charge on any atom is 0.324 e. The molecule has 0 saturated carbocycles. The van der Waals surface area contributed by atoms with E-state index in [4.69, 9.17) is 9.84 Å². The van der Waals surface area contributed by atoms with Crippen LogP contribution in [0.5, 0.6) is 11.5 Å². The summed E-state index contributed by atoms with van der Waals surface area (Å²) in [5.74, 6) is 1.64. The summed E-state index contributed by atoms with van der Waals surface area (Å²) < 4.78 is 7.87. The van der Waals surface area contributed by atoms with Crippen LogP contribution in [0.15, 0.2) is 52.4 Å². The zero-order chi connectivity index (χ0) is 27.4. The molecule has 0 spiro atoms. The molecule has 0 atom stereocenters. The zero-order valence-electron chi connectivity index (χ0n) is 22.3. The molecule has 38 heavy (non-hydrogen) atoms. The first-order valence-electron chi connectivity index (χ1n) is 12.0. The van der Waals surface area contributed by atoms with E-state index in [1.807, 2.05) is 37.2 Å². The molecule has 0 aliphatic carbocycles. The third-order valence-electron chi connectivity index (χ3n) is 5.64. The highest BCUT2D eigenvalue weighted by Gasteiger charge is 2.21. The van der Waals surface area contributed by atoms with E-state index in [0.29, 0.717) is 40.7 Å². The van der Waals surface area contributed by atoms with Gasteiger partial charge in [-0.2, -0.15) is 5.10 Å². The number of hydrogen-bond donors (Lipinski definition) is 3. The summed E-state index contributed by atoms with van der Waals surface area (Å²) in [5, 5.41) is 10.6. The number of amides is 2. The standard InChI is InChI=1S/C26H32N8O3S/c1-26(2,3)20-14-21(34(32-20)12-11-33(4)5)30-25(36)29-17-8-7-16(13-19(17)38-6)37-18-9-10-27-24-23(18)28-15-22(35)31-24/h7-10,13-15H,11-12H2,1-6H3,(H,27,31,35)(H2,29,30,36). The number of H-pyrrole nitrogens is 1. The van der Waals surface area contributed by atoms with Gasteiger partial charge in [0.15, 0.2) is 11.4 Å². The number of ether oxygens (including phenoxy) is 1. The van der Waals surface area contributed by atoms with E-state index in [1.54, 1.807) is 24.4 Å². The number of likely N-dealkylation sites (N-methyl/N-ethyl adjacent to an activating group) is 1. The molecule has 3 heterocycles. The summed E-state index contributed by atoms with van der Waals surface area (Å²) >= 11 is 1.47. The Labute approximate surface area is 225 Å². The van der Waals surface area contributed by atoms with Crippen LogP contribution in [0.25, 0.3) is 11.2 Å². The van der Waals surface area contributed by atoms with E-state index in [-0.39, 0.29) is 17.0 Å². The third-order valence-corrected chi connectivity index (χ3v) is 6.42. The number of carbonyl (C=O) groups excluding carboxylic acids is 1.